The van der Waals surface area contributed by atoms with Gasteiger partial charge in [0.1, 0.15) is 0 Å². The van der Waals surface area contributed by atoms with Crippen LogP contribution in [-0.4, -0.2) is 41.3 Å². The lowest BCUT2D eigenvalue weighted by molar-refractivity contribution is -0.117. The fraction of sp³-hybridized carbons (Fsp3) is 0.417. The van der Waals surface area contributed by atoms with Crippen LogP contribution >= 0.6 is 10.7 Å². The topological polar surface area (TPSA) is 88.6 Å². The molecule has 1 heterocycles. The van der Waals surface area contributed by atoms with E-state index in [-0.39, 0.29) is 35.4 Å². The van der Waals surface area contributed by atoms with E-state index in [4.69, 9.17) is 10.7 Å². The Bertz CT molecular complexity index is 773. The van der Waals surface area contributed by atoms with E-state index in [0.717, 1.165) is 6.26 Å². The first-order chi connectivity index (χ1) is 9.56. The maximum atomic E-state index is 12.0. The van der Waals surface area contributed by atoms with Gasteiger partial charge in [-0.25, -0.2) is 16.8 Å². The van der Waals surface area contributed by atoms with Crippen molar-refractivity contribution in [3.63, 3.8) is 0 Å². The highest BCUT2D eigenvalue weighted by Gasteiger charge is 2.33. The summed E-state index contributed by atoms with van der Waals surface area (Å²) in [5, 5.41) is 0. The van der Waals surface area contributed by atoms with Gasteiger partial charge in [-0.1, -0.05) is 6.07 Å². The summed E-state index contributed by atoms with van der Waals surface area (Å²) in [5.74, 6) is -0.907. The molecule has 1 aromatic rings. The van der Waals surface area contributed by atoms with Gasteiger partial charge in [0.15, 0.2) is 9.84 Å². The summed E-state index contributed by atoms with van der Waals surface area (Å²) in [7, 11) is -1.84. The summed E-state index contributed by atoms with van der Waals surface area (Å²) in [6.07, 6.45) is 1.16. The van der Waals surface area contributed by atoms with Crippen LogP contribution in [0.5, 0.6) is 0 Å². The SMILES string of the molecule is CS(=O)(=O)c1cccc(N2CC(CS(=O)(=O)Cl)CC2=O)c1. The quantitative estimate of drug-likeness (QED) is 0.755. The van der Waals surface area contributed by atoms with Crippen LogP contribution in [0.25, 0.3) is 0 Å². The van der Waals surface area contributed by atoms with Gasteiger partial charge in [-0.15, -0.1) is 0 Å². The molecule has 0 aromatic heterocycles. The van der Waals surface area contributed by atoms with Crippen molar-refractivity contribution in [2.75, 3.05) is 23.5 Å². The van der Waals surface area contributed by atoms with Gasteiger partial charge in [0, 0.05) is 41.5 Å². The minimum atomic E-state index is -3.67. The largest absolute Gasteiger partial charge is 0.312 e. The van der Waals surface area contributed by atoms with Crippen molar-refractivity contribution in [3.05, 3.63) is 24.3 Å². The van der Waals surface area contributed by atoms with Crippen LogP contribution in [0.15, 0.2) is 29.2 Å². The van der Waals surface area contributed by atoms with Gasteiger partial charge < -0.3 is 4.90 Å². The summed E-state index contributed by atoms with van der Waals surface area (Å²) in [6, 6.07) is 6.01. The first-order valence-electron chi connectivity index (χ1n) is 6.09. The Hall–Kier alpha value is -1.12. The molecular formula is C12H14ClNO5S2. The summed E-state index contributed by atoms with van der Waals surface area (Å²) in [6.45, 7) is 0.206. The van der Waals surface area contributed by atoms with E-state index in [1.54, 1.807) is 12.1 Å². The number of hydrogen-bond donors (Lipinski definition) is 0. The van der Waals surface area contributed by atoms with Gasteiger partial charge >= 0.3 is 0 Å². The van der Waals surface area contributed by atoms with Crippen molar-refractivity contribution in [3.8, 4) is 0 Å². The fourth-order valence-electron chi connectivity index (χ4n) is 2.31. The number of nitrogens with zero attached hydrogens (tertiary/aromatic N) is 1. The van der Waals surface area contributed by atoms with Crippen molar-refractivity contribution in [1.82, 2.24) is 0 Å². The highest BCUT2D eigenvalue weighted by atomic mass is 35.7. The maximum Gasteiger partial charge on any atom is 0.232 e. The number of carbonyl (C=O) groups is 1. The highest BCUT2D eigenvalue weighted by molar-refractivity contribution is 8.13. The summed E-state index contributed by atoms with van der Waals surface area (Å²) in [5.41, 5.74) is 0.442. The second-order valence-corrected chi connectivity index (χ2v) is 9.89. The average molecular weight is 352 g/mol. The van der Waals surface area contributed by atoms with Crippen LogP contribution in [0.1, 0.15) is 6.42 Å². The molecule has 21 heavy (non-hydrogen) atoms. The predicted molar refractivity (Wildman–Crippen MR) is 79.7 cm³/mol. The van der Waals surface area contributed by atoms with E-state index in [2.05, 4.69) is 0 Å². The molecule has 1 unspecified atom stereocenters. The van der Waals surface area contributed by atoms with Crippen LogP contribution in [0, 0.1) is 5.92 Å². The molecule has 9 heteroatoms. The molecule has 2 rings (SSSR count). The lowest BCUT2D eigenvalue weighted by Crippen LogP contribution is -2.25. The van der Waals surface area contributed by atoms with Gasteiger partial charge in [-0.2, -0.15) is 0 Å². The van der Waals surface area contributed by atoms with E-state index in [9.17, 15) is 21.6 Å². The zero-order chi connectivity index (χ0) is 15.8. The fourth-order valence-corrected chi connectivity index (χ4v) is 4.29. The van der Waals surface area contributed by atoms with Crippen molar-refractivity contribution in [2.24, 2.45) is 5.92 Å². The molecule has 1 amide bonds. The van der Waals surface area contributed by atoms with Gasteiger partial charge in [0.2, 0.25) is 15.0 Å². The highest BCUT2D eigenvalue weighted by Crippen LogP contribution is 2.28. The molecule has 1 aliphatic heterocycles. The molecule has 0 radical (unpaired) electrons. The van der Waals surface area contributed by atoms with Crippen LogP contribution in [0.4, 0.5) is 5.69 Å². The lowest BCUT2D eigenvalue weighted by atomic mass is 10.1. The number of amides is 1. The van der Waals surface area contributed by atoms with E-state index < -0.39 is 18.9 Å². The molecule has 6 nitrogen and oxygen atoms in total. The summed E-state index contributed by atoms with van der Waals surface area (Å²) in [4.78, 5) is 13.5. The smallest absolute Gasteiger partial charge is 0.232 e. The lowest BCUT2D eigenvalue weighted by Gasteiger charge is -2.17. The molecule has 1 saturated heterocycles. The number of rotatable bonds is 4. The van der Waals surface area contributed by atoms with Crippen LogP contribution in [0.2, 0.25) is 0 Å². The molecule has 0 saturated carbocycles. The average Bonchev–Trinajstić information content (AvgIpc) is 2.67. The zero-order valence-electron chi connectivity index (χ0n) is 11.2. The second-order valence-electron chi connectivity index (χ2n) is 5.05. The van der Waals surface area contributed by atoms with Crippen LogP contribution in [0.3, 0.4) is 0 Å². The van der Waals surface area contributed by atoms with Crippen molar-refractivity contribution in [1.29, 1.82) is 0 Å². The van der Waals surface area contributed by atoms with Crippen LogP contribution < -0.4 is 4.90 Å². The second kappa shape index (κ2) is 5.58. The van der Waals surface area contributed by atoms with Gasteiger partial charge in [0.25, 0.3) is 0 Å². The number of carbonyl (C=O) groups excluding carboxylic acids is 1. The molecule has 1 fully saturated rings. The molecule has 116 valence electrons. The number of anilines is 1. The Morgan fingerprint density at radius 2 is 1.95 bits per heavy atom. The molecule has 0 N–H and O–H groups in total. The summed E-state index contributed by atoms with van der Waals surface area (Å²) >= 11 is 0. The van der Waals surface area contributed by atoms with Crippen molar-refractivity contribution < 1.29 is 21.6 Å². The number of benzene rings is 1. The third-order valence-corrected chi connectivity index (χ3v) is 5.56. The van der Waals surface area contributed by atoms with E-state index in [1.807, 2.05) is 0 Å². The third kappa shape index (κ3) is 4.18. The molecule has 0 spiro atoms. The normalized spacial score (nSPS) is 20.0. The van der Waals surface area contributed by atoms with Crippen LogP contribution in [-0.2, 0) is 23.7 Å². The summed E-state index contributed by atoms with van der Waals surface area (Å²) < 4.78 is 45.2. The molecular weight excluding hydrogens is 338 g/mol. The Morgan fingerprint density at radius 3 is 2.52 bits per heavy atom. The number of sulfone groups is 1. The molecule has 1 atom stereocenters. The Morgan fingerprint density at radius 1 is 1.29 bits per heavy atom. The van der Waals surface area contributed by atoms with Gasteiger partial charge in [-0.05, 0) is 18.2 Å². The molecule has 0 aliphatic carbocycles. The van der Waals surface area contributed by atoms with Gasteiger partial charge in [-0.3, -0.25) is 4.79 Å². The van der Waals surface area contributed by atoms with E-state index in [0.29, 0.717) is 5.69 Å². The van der Waals surface area contributed by atoms with Gasteiger partial charge in [0.05, 0.1) is 10.6 Å². The Labute approximate surface area is 128 Å². The van der Waals surface area contributed by atoms with E-state index in [1.165, 1.54) is 17.0 Å². The first kappa shape index (κ1) is 16.3. The standard InChI is InChI=1S/C12H14ClNO5S2/c1-20(16,17)11-4-2-3-10(6-11)14-7-9(5-12(14)15)8-21(13,18)19/h2-4,6,9H,5,7-8H2,1H3. The van der Waals surface area contributed by atoms with Crippen molar-refractivity contribution >= 4 is 41.2 Å². The Balaban J connectivity index is 2.25. The first-order valence-corrected chi connectivity index (χ1v) is 10.5. The number of hydrogen-bond acceptors (Lipinski definition) is 5. The third-order valence-electron chi connectivity index (χ3n) is 3.20. The maximum absolute atomic E-state index is 12.0. The Kier molecular flexibility index (Phi) is 4.32. The van der Waals surface area contributed by atoms with E-state index >= 15 is 0 Å². The van der Waals surface area contributed by atoms with Crippen molar-refractivity contribution in [2.45, 2.75) is 11.3 Å². The molecule has 1 aliphatic rings. The molecule has 0 bridgehead atoms. The predicted octanol–water partition coefficient (Wildman–Crippen LogP) is 1.01. The molecule has 1 aromatic carbocycles. The minimum absolute atomic E-state index is 0.0784. The monoisotopic (exact) mass is 351 g/mol. The zero-order valence-corrected chi connectivity index (χ0v) is 13.6. The number of halogens is 1. The minimum Gasteiger partial charge on any atom is -0.312 e.